The van der Waals surface area contributed by atoms with Crippen molar-refractivity contribution in [2.45, 2.75) is 31.9 Å². The van der Waals surface area contributed by atoms with Crippen molar-refractivity contribution < 1.29 is 4.74 Å². The van der Waals surface area contributed by atoms with Crippen molar-refractivity contribution in [2.75, 3.05) is 39.8 Å². The molecule has 2 rings (SSSR count). The normalized spacial score (nSPS) is 33.4. The van der Waals surface area contributed by atoms with E-state index in [9.17, 15) is 0 Å². The fraction of sp³-hybridized carbons (Fsp3) is 1.00. The van der Waals surface area contributed by atoms with E-state index in [4.69, 9.17) is 4.74 Å². The predicted octanol–water partition coefficient (Wildman–Crippen LogP) is 0.801. The summed E-state index contributed by atoms with van der Waals surface area (Å²) >= 11 is 0. The first-order valence-corrected chi connectivity index (χ1v) is 5.80. The van der Waals surface area contributed by atoms with Crippen LogP contribution in [0.3, 0.4) is 0 Å². The van der Waals surface area contributed by atoms with E-state index in [1.165, 1.54) is 25.9 Å². The lowest BCUT2D eigenvalue weighted by Gasteiger charge is -2.40. The molecule has 14 heavy (non-hydrogen) atoms. The second-order valence-corrected chi connectivity index (χ2v) is 4.71. The summed E-state index contributed by atoms with van der Waals surface area (Å²) in [6, 6.07) is 0.817. The molecule has 0 aliphatic carbocycles. The molecule has 1 atom stereocenters. The number of piperidine rings is 1. The van der Waals surface area contributed by atoms with Gasteiger partial charge >= 0.3 is 0 Å². The van der Waals surface area contributed by atoms with Crippen LogP contribution in [0.15, 0.2) is 0 Å². The van der Waals surface area contributed by atoms with E-state index in [1.807, 2.05) is 0 Å². The number of rotatable bonds is 1. The zero-order valence-electron chi connectivity index (χ0n) is 9.41. The number of morpholine rings is 1. The molecule has 0 saturated carbocycles. The fourth-order valence-corrected chi connectivity index (χ4v) is 2.54. The first-order chi connectivity index (χ1) is 6.75. The van der Waals surface area contributed by atoms with E-state index in [0.29, 0.717) is 6.10 Å². The molecule has 0 N–H and O–H groups in total. The van der Waals surface area contributed by atoms with Crippen molar-refractivity contribution in [3.8, 4) is 0 Å². The average Bonchev–Trinajstić information content (AvgIpc) is 2.19. The van der Waals surface area contributed by atoms with Crippen molar-refractivity contribution in [1.82, 2.24) is 9.80 Å². The summed E-state index contributed by atoms with van der Waals surface area (Å²) in [6.07, 6.45) is 3.11. The molecular weight excluding hydrogens is 176 g/mol. The van der Waals surface area contributed by atoms with Gasteiger partial charge in [0.05, 0.1) is 12.7 Å². The van der Waals surface area contributed by atoms with E-state index in [2.05, 4.69) is 23.8 Å². The highest BCUT2D eigenvalue weighted by Gasteiger charge is 2.26. The summed E-state index contributed by atoms with van der Waals surface area (Å²) in [5, 5.41) is 0. The molecule has 2 heterocycles. The minimum absolute atomic E-state index is 0.434. The monoisotopic (exact) mass is 198 g/mol. The van der Waals surface area contributed by atoms with E-state index in [0.717, 1.165) is 25.7 Å². The number of hydrogen-bond donors (Lipinski definition) is 0. The van der Waals surface area contributed by atoms with Gasteiger partial charge in [-0.1, -0.05) is 0 Å². The topological polar surface area (TPSA) is 15.7 Å². The molecule has 3 nitrogen and oxygen atoms in total. The largest absolute Gasteiger partial charge is 0.376 e. The molecule has 0 aromatic heterocycles. The molecule has 2 aliphatic rings. The summed E-state index contributed by atoms with van der Waals surface area (Å²) in [5.41, 5.74) is 0. The van der Waals surface area contributed by atoms with Crippen LogP contribution in [-0.4, -0.2) is 61.8 Å². The van der Waals surface area contributed by atoms with Crippen molar-refractivity contribution in [1.29, 1.82) is 0 Å². The van der Waals surface area contributed by atoms with E-state index in [1.54, 1.807) is 0 Å². The van der Waals surface area contributed by atoms with Crippen molar-refractivity contribution in [2.24, 2.45) is 0 Å². The smallest absolute Gasteiger partial charge is 0.0674 e. The van der Waals surface area contributed by atoms with Gasteiger partial charge in [0.1, 0.15) is 0 Å². The summed E-state index contributed by atoms with van der Waals surface area (Å²) < 4.78 is 5.57. The zero-order chi connectivity index (χ0) is 9.97. The molecule has 2 fully saturated rings. The maximum absolute atomic E-state index is 5.57. The molecule has 0 aromatic rings. The van der Waals surface area contributed by atoms with E-state index in [-0.39, 0.29) is 0 Å². The SMILES string of the molecule is C[C@@H]1CN(C2CCN(C)CC2)CCO1. The highest BCUT2D eigenvalue weighted by Crippen LogP contribution is 2.18. The summed E-state index contributed by atoms with van der Waals surface area (Å²) in [5.74, 6) is 0. The van der Waals surface area contributed by atoms with E-state index >= 15 is 0 Å². The van der Waals surface area contributed by atoms with Crippen molar-refractivity contribution >= 4 is 0 Å². The Bertz CT molecular complexity index is 178. The van der Waals surface area contributed by atoms with Crippen molar-refractivity contribution in [3.63, 3.8) is 0 Å². The van der Waals surface area contributed by atoms with Gasteiger partial charge in [-0.25, -0.2) is 0 Å². The molecule has 0 spiro atoms. The average molecular weight is 198 g/mol. The van der Waals surface area contributed by atoms with Crippen LogP contribution in [0.5, 0.6) is 0 Å². The molecule has 2 aliphatic heterocycles. The van der Waals surface area contributed by atoms with E-state index < -0.39 is 0 Å². The third-order valence-electron chi connectivity index (χ3n) is 3.48. The van der Waals surface area contributed by atoms with Crippen molar-refractivity contribution in [3.05, 3.63) is 0 Å². The second kappa shape index (κ2) is 4.60. The Labute approximate surface area is 87.0 Å². The second-order valence-electron chi connectivity index (χ2n) is 4.71. The lowest BCUT2D eigenvalue weighted by atomic mass is 10.0. The molecule has 0 amide bonds. The van der Waals surface area contributed by atoms with Gasteiger partial charge in [-0.15, -0.1) is 0 Å². The van der Waals surface area contributed by atoms with Crippen LogP contribution in [0.1, 0.15) is 19.8 Å². The third kappa shape index (κ3) is 2.47. The summed E-state index contributed by atoms with van der Waals surface area (Å²) in [7, 11) is 2.22. The Morgan fingerprint density at radius 2 is 1.86 bits per heavy atom. The zero-order valence-corrected chi connectivity index (χ0v) is 9.41. The van der Waals surface area contributed by atoms with Gasteiger partial charge in [0, 0.05) is 19.1 Å². The Morgan fingerprint density at radius 1 is 1.14 bits per heavy atom. The molecule has 3 heteroatoms. The first-order valence-electron chi connectivity index (χ1n) is 5.80. The highest BCUT2D eigenvalue weighted by molar-refractivity contribution is 4.81. The number of hydrogen-bond acceptors (Lipinski definition) is 3. The van der Waals surface area contributed by atoms with Gasteiger partial charge in [0.25, 0.3) is 0 Å². The number of nitrogens with zero attached hydrogens (tertiary/aromatic N) is 2. The maximum atomic E-state index is 5.57. The third-order valence-corrected chi connectivity index (χ3v) is 3.48. The Balaban J connectivity index is 1.82. The molecule has 0 radical (unpaired) electrons. The van der Waals surface area contributed by atoms with Crippen LogP contribution < -0.4 is 0 Å². The minimum Gasteiger partial charge on any atom is -0.376 e. The molecule has 0 unspecified atom stereocenters. The molecular formula is C11H22N2O. The summed E-state index contributed by atoms with van der Waals surface area (Å²) in [6.45, 7) is 7.90. The maximum Gasteiger partial charge on any atom is 0.0674 e. The van der Waals surface area contributed by atoms with Gasteiger partial charge in [0.2, 0.25) is 0 Å². The standard InChI is InChI=1S/C11H22N2O/c1-10-9-13(7-8-14-10)11-3-5-12(2)6-4-11/h10-11H,3-9H2,1-2H3/t10-/m1/s1. The lowest BCUT2D eigenvalue weighted by Crippen LogP contribution is -2.50. The van der Waals surface area contributed by atoms with Gasteiger partial charge in [0.15, 0.2) is 0 Å². The van der Waals surface area contributed by atoms with Crippen LogP contribution in [0.4, 0.5) is 0 Å². The van der Waals surface area contributed by atoms with Crippen LogP contribution in [0.25, 0.3) is 0 Å². The Morgan fingerprint density at radius 3 is 2.50 bits per heavy atom. The first kappa shape index (κ1) is 10.4. The molecule has 82 valence electrons. The van der Waals surface area contributed by atoms with Gasteiger partial charge < -0.3 is 9.64 Å². The molecule has 2 saturated heterocycles. The number of likely N-dealkylation sites (tertiary alicyclic amines) is 1. The van der Waals surface area contributed by atoms with Gasteiger partial charge in [-0.2, -0.15) is 0 Å². The number of ether oxygens (including phenoxy) is 1. The Kier molecular flexibility index (Phi) is 3.42. The van der Waals surface area contributed by atoms with Crippen LogP contribution in [-0.2, 0) is 4.74 Å². The predicted molar refractivity (Wildman–Crippen MR) is 57.5 cm³/mol. The highest BCUT2D eigenvalue weighted by atomic mass is 16.5. The van der Waals surface area contributed by atoms with Gasteiger partial charge in [-0.3, -0.25) is 4.90 Å². The van der Waals surface area contributed by atoms with Crippen LogP contribution in [0, 0.1) is 0 Å². The van der Waals surface area contributed by atoms with Gasteiger partial charge in [-0.05, 0) is 39.9 Å². The molecule has 0 bridgehead atoms. The van der Waals surface area contributed by atoms with Crippen LogP contribution in [0.2, 0.25) is 0 Å². The fourth-order valence-electron chi connectivity index (χ4n) is 2.54. The quantitative estimate of drug-likeness (QED) is 0.620. The Hall–Kier alpha value is -0.120. The minimum atomic E-state index is 0.434. The molecule has 0 aromatic carbocycles. The summed E-state index contributed by atoms with van der Waals surface area (Å²) in [4.78, 5) is 5.06. The lowest BCUT2D eigenvalue weighted by molar-refractivity contribution is -0.0423. The van der Waals surface area contributed by atoms with Crippen LogP contribution >= 0.6 is 0 Å².